The number of likely N-dealkylation sites (tertiary alicyclic amines) is 1. The lowest BCUT2D eigenvalue weighted by atomic mass is 9.92. The zero-order valence-electron chi connectivity index (χ0n) is 20.2. The average molecular weight is 489 g/mol. The molecular weight excluding hydrogens is 456 g/mol. The number of benzene rings is 2. The molecule has 35 heavy (non-hydrogen) atoms. The summed E-state index contributed by atoms with van der Waals surface area (Å²) in [4.78, 5) is 14.6. The Morgan fingerprint density at radius 2 is 1.63 bits per heavy atom. The molecule has 3 aliphatic rings. The van der Waals surface area contributed by atoms with Crippen LogP contribution in [0.1, 0.15) is 60.2 Å². The van der Waals surface area contributed by atoms with Crippen LogP contribution >= 0.6 is 11.8 Å². The van der Waals surface area contributed by atoms with Gasteiger partial charge in [-0.05, 0) is 61.4 Å². The van der Waals surface area contributed by atoms with Crippen molar-refractivity contribution in [2.45, 2.75) is 55.7 Å². The summed E-state index contributed by atoms with van der Waals surface area (Å²) in [7, 11) is 0. The van der Waals surface area contributed by atoms with E-state index >= 15 is 0 Å². The van der Waals surface area contributed by atoms with Crippen LogP contribution in [0.25, 0.3) is 11.1 Å². The minimum atomic E-state index is -0.189. The van der Waals surface area contributed by atoms with Crippen molar-refractivity contribution in [1.29, 1.82) is 0 Å². The lowest BCUT2D eigenvalue weighted by Crippen LogP contribution is -2.28. The standard InChI is InChI=1S/C28H32N4O2S/c1-27(19-33)18-24-29-30-26(32(24)16-17-35-27)28(12-13-28)23-10-8-21(9-11-23)20-4-6-22(7-5-20)25(34)31-14-2-3-15-31/h4-11,33H,2-3,12-19H2,1H3. The van der Waals surface area contributed by atoms with Crippen LogP contribution in [0.2, 0.25) is 0 Å². The monoisotopic (exact) mass is 488 g/mol. The normalized spacial score (nSPS) is 23.1. The van der Waals surface area contributed by atoms with Gasteiger partial charge in [-0.3, -0.25) is 4.79 Å². The molecule has 2 aromatic carbocycles. The Morgan fingerprint density at radius 3 is 2.26 bits per heavy atom. The van der Waals surface area contributed by atoms with Crippen LogP contribution in [0, 0.1) is 0 Å². The quantitative estimate of drug-likeness (QED) is 0.580. The molecule has 1 unspecified atom stereocenters. The van der Waals surface area contributed by atoms with Gasteiger partial charge in [0.25, 0.3) is 5.91 Å². The van der Waals surface area contributed by atoms with E-state index in [1.807, 2.05) is 28.8 Å². The lowest BCUT2D eigenvalue weighted by molar-refractivity contribution is 0.0793. The van der Waals surface area contributed by atoms with Crippen molar-refractivity contribution < 1.29 is 9.90 Å². The van der Waals surface area contributed by atoms with Crippen LogP contribution in [0.3, 0.4) is 0 Å². The first-order valence-electron chi connectivity index (χ1n) is 12.7. The van der Waals surface area contributed by atoms with Crippen molar-refractivity contribution in [3.05, 3.63) is 71.3 Å². The first kappa shape index (κ1) is 22.8. The number of thioether (sulfide) groups is 1. The van der Waals surface area contributed by atoms with E-state index in [0.717, 1.165) is 85.8 Å². The molecule has 2 fully saturated rings. The Morgan fingerprint density at radius 1 is 0.971 bits per heavy atom. The number of nitrogens with zero attached hydrogens (tertiary/aromatic N) is 4. The van der Waals surface area contributed by atoms with Crippen molar-refractivity contribution in [2.24, 2.45) is 0 Å². The van der Waals surface area contributed by atoms with E-state index in [2.05, 4.69) is 58.1 Å². The Labute approximate surface area is 210 Å². The second kappa shape index (κ2) is 8.79. The molecule has 1 amide bonds. The minimum Gasteiger partial charge on any atom is -0.395 e. The number of aliphatic hydroxyl groups is 1. The van der Waals surface area contributed by atoms with Crippen molar-refractivity contribution >= 4 is 17.7 Å². The molecule has 3 aromatic rings. The summed E-state index contributed by atoms with van der Waals surface area (Å²) in [5.74, 6) is 3.17. The third kappa shape index (κ3) is 4.08. The van der Waals surface area contributed by atoms with E-state index in [4.69, 9.17) is 0 Å². The summed E-state index contributed by atoms with van der Waals surface area (Å²) in [6, 6.07) is 16.9. The Kier molecular flexibility index (Phi) is 5.72. The zero-order chi connectivity index (χ0) is 24.0. The lowest BCUT2D eigenvalue weighted by Gasteiger charge is -2.23. The summed E-state index contributed by atoms with van der Waals surface area (Å²) in [6.07, 6.45) is 5.13. The van der Waals surface area contributed by atoms with Gasteiger partial charge in [-0.2, -0.15) is 11.8 Å². The summed E-state index contributed by atoms with van der Waals surface area (Å²) in [5, 5.41) is 19.1. The smallest absolute Gasteiger partial charge is 0.253 e. The molecule has 182 valence electrons. The van der Waals surface area contributed by atoms with Gasteiger partial charge < -0.3 is 14.6 Å². The molecule has 3 heterocycles. The molecule has 6 nitrogen and oxygen atoms in total. The fourth-order valence-electron chi connectivity index (χ4n) is 5.58. The van der Waals surface area contributed by atoms with Gasteiger partial charge in [0, 0.05) is 42.1 Å². The number of carbonyl (C=O) groups is 1. The van der Waals surface area contributed by atoms with Crippen LogP contribution in [0.4, 0.5) is 0 Å². The van der Waals surface area contributed by atoms with Crippen LogP contribution in [0.15, 0.2) is 48.5 Å². The fourth-order valence-corrected chi connectivity index (χ4v) is 6.67. The molecule has 1 saturated carbocycles. The molecule has 1 aliphatic carbocycles. The average Bonchev–Trinajstić information content (AvgIpc) is 3.38. The molecule has 1 saturated heterocycles. The van der Waals surface area contributed by atoms with E-state index in [0.29, 0.717) is 0 Å². The topological polar surface area (TPSA) is 71.2 Å². The van der Waals surface area contributed by atoms with Crippen molar-refractivity contribution in [2.75, 3.05) is 25.4 Å². The van der Waals surface area contributed by atoms with E-state index < -0.39 is 0 Å². The molecule has 6 rings (SSSR count). The summed E-state index contributed by atoms with van der Waals surface area (Å²) in [6.45, 7) is 4.90. The van der Waals surface area contributed by atoms with Gasteiger partial charge in [-0.1, -0.05) is 36.4 Å². The molecule has 7 heteroatoms. The van der Waals surface area contributed by atoms with Crippen LogP contribution in [-0.2, 0) is 18.4 Å². The van der Waals surface area contributed by atoms with Crippen molar-refractivity contribution in [3.63, 3.8) is 0 Å². The second-order valence-electron chi connectivity index (χ2n) is 10.5. The van der Waals surface area contributed by atoms with Crippen molar-refractivity contribution in [3.8, 4) is 11.1 Å². The van der Waals surface area contributed by atoms with E-state index in [-0.39, 0.29) is 22.7 Å². The number of hydrogen-bond acceptors (Lipinski definition) is 5. The van der Waals surface area contributed by atoms with E-state index in [1.54, 1.807) is 0 Å². The Balaban J connectivity index is 1.22. The minimum absolute atomic E-state index is 0.0552. The molecule has 1 atom stereocenters. The molecule has 0 bridgehead atoms. The third-order valence-corrected chi connectivity index (χ3v) is 9.29. The maximum absolute atomic E-state index is 12.6. The summed E-state index contributed by atoms with van der Waals surface area (Å²) < 4.78 is 2.12. The van der Waals surface area contributed by atoms with Gasteiger partial charge >= 0.3 is 0 Å². The predicted octanol–water partition coefficient (Wildman–Crippen LogP) is 4.30. The largest absolute Gasteiger partial charge is 0.395 e. The molecule has 1 N–H and O–H groups in total. The van der Waals surface area contributed by atoms with Gasteiger partial charge in [0.2, 0.25) is 0 Å². The fraction of sp³-hybridized carbons (Fsp3) is 0.464. The highest BCUT2D eigenvalue weighted by molar-refractivity contribution is 8.00. The maximum atomic E-state index is 12.6. The van der Waals surface area contributed by atoms with E-state index in [1.165, 1.54) is 5.56 Å². The zero-order valence-corrected chi connectivity index (χ0v) is 21.1. The number of fused-ring (bicyclic) bond motifs is 1. The van der Waals surface area contributed by atoms with Gasteiger partial charge in [0.05, 0.1) is 12.0 Å². The highest BCUT2D eigenvalue weighted by Crippen LogP contribution is 2.53. The SMILES string of the molecule is CC1(CO)Cc2nnc(C3(c4ccc(-c5ccc(C(=O)N6CCCC6)cc5)cc4)CC3)n2CCS1. The van der Waals surface area contributed by atoms with Crippen LogP contribution in [0.5, 0.6) is 0 Å². The maximum Gasteiger partial charge on any atom is 0.253 e. The number of carbonyl (C=O) groups excluding carboxylic acids is 1. The first-order valence-corrected chi connectivity index (χ1v) is 13.7. The van der Waals surface area contributed by atoms with Gasteiger partial charge in [-0.15, -0.1) is 10.2 Å². The third-order valence-electron chi connectivity index (χ3n) is 7.93. The predicted molar refractivity (Wildman–Crippen MR) is 139 cm³/mol. The van der Waals surface area contributed by atoms with Gasteiger partial charge in [0.1, 0.15) is 11.6 Å². The molecule has 2 aliphatic heterocycles. The number of aliphatic hydroxyl groups excluding tert-OH is 1. The highest BCUT2D eigenvalue weighted by atomic mass is 32.2. The summed E-state index contributed by atoms with van der Waals surface area (Å²) in [5.41, 5.74) is 4.28. The van der Waals surface area contributed by atoms with Gasteiger partial charge in [-0.25, -0.2) is 0 Å². The Bertz CT molecular complexity index is 1230. The van der Waals surface area contributed by atoms with Crippen molar-refractivity contribution in [1.82, 2.24) is 19.7 Å². The molecule has 1 aromatic heterocycles. The van der Waals surface area contributed by atoms with E-state index in [9.17, 15) is 9.90 Å². The molecule has 0 spiro atoms. The summed E-state index contributed by atoms with van der Waals surface area (Å²) >= 11 is 1.83. The number of aromatic nitrogens is 3. The first-order chi connectivity index (χ1) is 17.0. The number of amides is 1. The molecule has 0 radical (unpaired) electrons. The van der Waals surface area contributed by atoms with Crippen LogP contribution < -0.4 is 0 Å². The Hall–Kier alpha value is -2.64. The van der Waals surface area contributed by atoms with Crippen LogP contribution in [-0.4, -0.2) is 60.9 Å². The molecular formula is C28H32N4O2S. The number of hydrogen-bond donors (Lipinski definition) is 1. The van der Waals surface area contributed by atoms with Gasteiger partial charge in [0.15, 0.2) is 0 Å². The second-order valence-corrected chi connectivity index (χ2v) is 12.1. The highest BCUT2D eigenvalue weighted by Gasteiger charge is 2.50. The number of rotatable bonds is 5.